The molecule has 190 valence electrons. The van der Waals surface area contributed by atoms with Gasteiger partial charge in [-0.2, -0.15) is 9.97 Å². The second-order valence-electron chi connectivity index (χ2n) is 11.6. The van der Waals surface area contributed by atoms with Gasteiger partial charge in [0.2, 0.25) is 5.95 Å². The van der Waals surface area contributed by atoms with E-state index in [2.05, 4.69) is 29.0 Å². The van der Waals surface area contributed by atoms with Crippen LogP contribution in [-0.4, -0.2) is 48.4 Å². The first-order chi connectivity index (χ1) is 16.2. The standard InChI is InChI=1S/C26H45N7O/c1-17(2)21(10-7-15-26(3,4)34)30-23-22-24(33(16-28-22)20-8-5-6-9-20)32-25(31-23)29-19-13-11-18(27)12-14-19/h16-21,34H,5-15,27H2,1-4H3,(H2,29,30,31,32). The number of nitrogens with zero attached hydrogens (tertiary/aromatic N) is 4. The zero-order valence-electron chi connectivity index (χ0n) is 21.6. The van der Waals surface area contributed by atoms with Crippen LogP contribution in [-0.2, 0) is 0 Å². The van der Waals surface area contributed by atoms with Gasteiger partial charge in [0.05, 0.1) is 11.9 Å². The third-order valence-electron chi connectivity index (χ3n) is 7.68. The zero-order chi connectivity index (χ0) is 24.3. The highest BCUT2D eigenvalue weighted by Gasteiger charge is 2.25. The predicted molar refractivity (Wildman–Crippen MR) is 139 cm³/mol. The Morgan fingerprint density at radius 1 is 1.12 bits per heavy atom. The molecule has 8 nitrogen and oxygen atoms in total. The molecule has 0 bridgehead atoms. The van der Waals surface area contributed by atoms with E-state index in [-0.39, 0.29) is 6.04 Å². The monoisotopic (exact) mass is 471 g/mol. The summed E-state index contributed by atoms with van der Waals surface area (Å²) < 4.78 is 2.27. The minimum atomic E-state index is -0.636. The Morgan fingerprint density at radius 3 is 2.47 bits per heavy atom. The Labute approximate surface area is 204 Å². The average molecular weight is 472 g/mol. The molecular weight excluding hydrogens is 426 g/mol. The summed E-state index contributed by atoms with van der Waals surface area (Å²) in [4.78, 5) is 14.7. The molecule has 0 radical (unpaired) electrons. The van der Waals surface area contributed by atoms with Gasteiger partial charge in [-0.15, -0.1) is 0 Å². The summed E-state index contributed by atoms with van der Waals surface area (Å²) in [5.41, 5.74) is 7.27. The lowest BCUT2D eigenvalue weighted by molar-refractivity contribution is 0.0675. The second-order valence-corrected chi connectivity index (χ2v) is 11.6. The molecule has 0 aliphatic heterocycles. The minimum absolute atomic E-state index is 0.248. The summed E-state index contributed by atoms with van der Waals surface area (Å²) in [6, 6.07) is 1.40. The van der Waals surface area contributed by atoms with E-state index in [1.54, 1.807) is 0 Å². The van der Waals surface area contributed by atoms with Gasteiger partial charge in [0, 0.05) is 24.2 Å². The zero-order valence-corrected chi connectivity index (χ0v) is 21.6. The van der Waals surface area contributed by atoms with E-state index in [1.807, 2.05) is 20.2 Å². The molecular formula is C26H45N7O. The molecule has 34 heavy (non-hydrogen) atoms. The van der Waals surface area contributed by atoms with Gasteiger partial charge >= 0.3 is 0 Å². The van der Waals surface area contributed by atoms with Crippen LogP contribution in [0.3, 0.4) is 0 Å². The number of nitrogens with one attached hydrogen (secondary N) is 2. The Bertz CT molecular complexity index is 921. The number of aromatic nitrogens is 4. The van der Waals surface area contributed by atoms with E-state index in [0.29, 0.717) is 30.0 Å². The maximum absolute atomic E-state index is 10.1. The van der Waals surface area contributed by atoms with E-state index in [9.17, 15) is 5.11 Å². The van der Waals surface area contributed by atoms with Crippen molar-refractivity contribution in [3.63, 3.8) is 0 Å². The Hall–Kier alpha value is -1.93. The van der Waals surface area contributed by atoms with Gasteiger partial charge in [0.15, 0.2) is 17.0 Å². The Balaban J connectivity index is 1.60. The Kier molecular flexibility index (Phi) is 7.97. The first-order valence-corrected chi connectivity index (χ1v) is 13.4. The van der Waals surface area contributed by atoms with Gasteiger partial charge in [0.25, 0.3) is 0 Å². The van der Waals surface area contributed by atoms with Crippen LogP contribution in [0.15, 0.2) is 6.33 Å². The highest BCUT2D eigenvalue weighted by Crippen LogP contribution is 2.34. The molecule has 4 rings (SSSR count). The predicted octanol–water partition coefficient (Wildman–Crippen LogP) is 5.00. The van der Waals surface area contributed by atoms with Crippen molar-refractivity contribution in [2.24, 2.45) is 11.7 Å². The SMILES string of the molecule is CC(C)C(CCCC(C)(C)O)Nc1nc(NC2CCC(N)CC2)nc2c1ncn2C1CCCC1. The highest BCUT2D eigenvalue weighted by atomic mass is 16.3. The lowest BCUT2D eigenvalue weighted by atomic mass is 9.92. The van der Waals surface area contributed by atoms with Crippen LogP contribution in [0.25, 0.3) is 11.2 Å². The van der Waals surface area contributed by atoms with Gasteiger partial charge in [-0.1, -0.05) is 26.7 Å². The van der Waals surface area contributed by atoms with Gasteiger partial charge in [-0.3, -0.25) is 0 Å². The van der Waals surface area contributed by atoms with Crippen molar-refractivity contribution in [1.82, 2.24) is 19.5 Å². The first kappa shape index (κ1) is 25.2. The maximum atomic E-state index is 10.1. The van der Waals surface area contributed by atoms with E-state index in [4.69, 9.17) is 20.7 Å². The lowest BCUT2D eigenvalue weighted by Gasteiger charge is -2.27. The van der Waals surface area contributed by atoms with Crippen LogP contribution < -0.4 is 16.4 Å². The summed E-state index contributed by atoms with van der Waals surface area (Å²) >= 11 is 0. The molecule has 2 fully saturated rings. The van der Waals surface area contributed by atoms with Crippen LogP contribution in [0.4, 0.5) is 11.8 Å². The van der Waals surface area contributed by atoms with Crippen LogP contribution in [0.5, 0.6) is 0 Å². The molecule has 0 saturated heterocycles. The van der Waals surface area contributed by atoms with Crippen molar-refractivity contribution in [2.75, 3.05) is 10.6 Å². The molecule has 2 aromatic rings. The summed E-state index contributed by atoms with van der Waals surface area (Å²) in [5.74, 6) is 1.94. The normalized spacial score (nSPS) is 23.0. The third-order valence-corrected chi connectivity index (χ3v) is 7.68. The maximum Gasteiger partial charge on any atom is 0.227 e. The number of hydrogen-bond acceptors (Lipinski definition) is 7. The first-order valence-electron chi connectivity index (χ1n) is 13.4. The Morgan fingerprint density at radius 2 is 1.82 bits per heavy atom. The molecule has 5 N–H and O–H groups in total. The quantitative estimate of drug-likeness (QED) is 0.385. The number of aliphatic hydroxyl groups is 1. The molecule has 2 aliphatic rings. The topological polar surface area (TPSA) is 114 Å². The molecule has 2 saturated carbocycles. The molecule has 2 aliphatic carbocycles. The lowest BCUT2D eigenvalue weighted by Crippen LogP contribution is -2.33. The summed E-state index contributed by atoms with van der Waals surface area (Å²) in [6.07, 6.45) is 13.8. The summed E-state index contributed by atoms with van der Waals surface area (Å²) in [5, 5.41) is 17.5. The fourth-order valence-electron chi connectivity index (χ4n) is 5.48. The van der Waals surface area contributed by atoms with Crippen molar-refractivity contribution in [3.8, 4) is 0 Å². The molecule has 1 unspecified atom stereocenters. The van der Waals surface area contributed by atoms with Gasteiger partial charge in [0.1, 0.15) is 0 Å². The van der Waals surface area contributed by atoms with Crippen LogP contribution in [0.2, 0.25) is 0 Å². The van der Waals surface area contributed by atoms with Crippen molar-refractivity contribution >= 4 is 22.9 Å². The van der Waals surface area contributed by atoms with Crippen molar-refractivity contribution in [1.29, 1.82) is 0 Å². The molecule has 2 heterocycles. The van der Waals surface area contributed by atoms with Gasteiger partial charge in [-0.05, 0) is 77.6 Å². The fourth-order valence-corrected chi connectivity index (χ4v) is 5.48. The molecule has 0 aromatic carbocycles. The smallest absolute Gasteiger partial charge is 0.227 e. The van der Waals surface area contributed by atoms with Crippen molar-refractivity contribution in [2.45, 2.75) is 128 Å². The van der Waals surface area contributed by atoms with E-state index < -0.39 is 5.60 Å². The summed E-state index contributed by atoms with van der Waals surface area (Å²) in [7, 11) is 0. The number of fused-ring (bicyclic) bond motifs is 1. The van der Waals surface area contributed by atoms with Crippen LogP contribution in [0.1, 0.15) is 104 Å². The molecule has 2 aromatic heterocycles. The van der Waals surface area contributed by atoms with E-state index in [0.717, 1.165) is 61.9 Å². The number of nitrogens with two attached hydrogens (primary N) is 1. The second kappa shape index (κ2) is 10.8. The minimum Gasteiger partial charge on any atom is -0.390 e. The fraction of sp³-hybridized carbons (Fsp3) is 0.808. The van der Waals surface area contributed by atoms with Crippen molar-refractivity contribution in [3.05, 3.63) is 6.33 Å². The van der Waals surface area contributed by atoms with Crippen molar-refractivity contribution < 1.29 is 5.11 Å². The number of rotatable bonds is 10. The largest absolute Gasteiger partial charge is 0.390 e. The molecule has 0 amide bonds. The summed E-state index contributed by atoms with van der Waals surface area (Å²) in [6.45, 7) is 8.23. The van der Waals surface area contributed by atoms with E-state index >= 15 is 0 Å². The van der Waals surface area contributed by atoms with Gasteiger partial charge in [-0.25, -0.2) is 4.98 Å². The molecule has 8 heteroatoms. The average Bonchev–Trinajstić information content (AvgIpc) is 3.43. The van der Waals surface area contributed by atoms with E-state index in [1.165, 1.54) is 25.7 Å². The molecule has 1 atom stereocenters. The van der Waals surface area contributed by atoms with Crippen LogP contribution in [0, 0.1) is 5.92 Å². The molecule has 0 spiro atoms. The highest BCUT2D eigenvalue weighted by molar-refractivity contribution is 5.84. The van der Waals surface area contributed by atoms with Gasteiger partial charge < -0.3 is 26.0 Å². The third kappa shape index (κ3) is 6.39. The number of anilines is 2. The number of hydrogen-bond donors (Lipinski definition) is 4. The van der Waals surface area contributed by atoms with Crippen LogP contribution >= 0.6 is 0 Å². The number of imidazole rings is 1.